The zero-order valence-electron chi connectivity index (χ0n) is 12.1. The van der Waals surface area contributed by atoms with Crippen LogP contribution in [-0.4, -0.2) is 29.0 Å². The number of benzene rings is 1. The van der Waals surface area contributed by atoms with Gasteiger partial charge in [0.05, 0.1) is 6.54 Å². The van der Waals surface area contributed by atoms with Crippen LogP contribution in [0.1, 0.15) is 27.9 Å². The van der Waals surface area contributed by atoms with E-state index in [9.17, 15) is 4.79 Å². The quantitative estimate of drug-likeness (QED) is 0.864. The number of ether oxygens (including phenoxy) is 1. The lowest BCUT2D eigenvalue weighted by molar-refractivity contribution is 0.0990. The van der Waals surface area contributed by atoms with E-state index in [2.05, 4.69) is 22.1 Å². The summed E-state index contributed by atoms with van der Waals surface area (Å²) in [4.78, 5) is 22.5. The Bertz CT molecular complexity index is 760. The monoisotopic (exact) mass is 296 g/mol. The third kappa shape index (κ3) is 1.99. The zero-order chi connectivity index (χ0) is 15.1. The number of anilines is 2. The van der Waals surface area contributed by atoms with Gasteiger partial charge in [0.1, 0.15) is 24.3 Å². The summed E-state index contributed by atoms with van der Waals surface area (Å²) in [5.74, 6) is 0.216. The lowest BCUT2D eigenvalue weighted by Crippen LogP contribution is -2.32. The van der Waals surface area contributed by atoms with Crippen LogP contribution >= 0.6 is 0 Å². The molecule has 1 aliphatic heterocycles. The average molecular weight is 296 g/mol. The summed E-state index contributed by atoms with van der Waals surface area (Å²) in [6.45, 7) is 0.847. The molecule has 2 N–H and O–H groups in total. The zero-order valence-corrected chi connectivity index (χ0v) is 12.1. The first-order valence-electron chi connectivity index (χ1n) is 7.41. The molecule has 2 aliphatic rings. The van der Waals surface area contributed by atoms with Gasteiger partial charge in [-0.2, -0.15) is 0 Å². The number of amides is 1. The van der Waals surface area contributed by atoms with Gasteiger partial charge in [-0.1, -0.05) is 6.07 Å². The summed E-state index contributed by atoms with van der Waals surface area (Å²) in [6.07, 6.45) is 4.69. The molecular formula is C16H16N4O2. The van der Waals surface area contributed by atoms with Crippen molar-refractivity contribution in [2.24, 2.45) is 0 Å². The molecule has 2 heterocycles. The fourth-order valence-corrected chi connectivity index (χ4v) is 3.14. The van der Waals surface area contributed by atoms with Gasteiger partial charge in [0, 0.05) is 5.69 Å². The maximum Gasteiger partial charge on any atom is 0.267 e. The summed E-state index contributed by atoms with van der Waals surface area (Å²) in [5.41, 5.74) is 9.69. The van der Waals surface area contributed by atoms with E-state index in [1.54, 1.807) is 4.90 Å². The molecule has 4 rings (SSSR count). The number of nitrogens with two attached hydrogens (primary N) is 1. The largest absolute Gasteiger partial charge is 0.475 e. The SMILES string of the molecule is Nc1ncnc2c1C(=O)N(c1ccc3c(c1)CCC3)CCO2. The maximum absolute atomic E-state index is 12.8. The molecule has 1 aromatic heterocycles. The van der Waals surface area contributed by atoms with Crippen molar-refractivity contribution in [3.63, 3.8) is 0 Å². The van der Waals surface area contributed by atoms with Crippen molar-refractivity contribution in [3.8, 4) is 5.88 Å². The van der Waals surface area contributed by atoms with Crippen LogP contribution < -0.4 is 15.4 Å². The molecule has 0 spiro atoms. The van der Waals surface area contributed by atoms with Gasteiger partial charge >= 0.3 is 0 Å². The van der Waals surface area contributed by atoms with Crippen LogP contribution in [0.25, 0.3) is 0 Å². The van der Waals surface area contributed by atoms with Crippen molar-refractivity contribution in [1.29, 1.82) is 0 Å². The first-order valence-corrected chi connectivity index (χ1v) is 7.41. The Hall–Kier alpha value is -2.63. The Kier molecular flexibility index (Phi) is 2.96. The summed E-state index contributed by atoms with van der Waals surface area (Å²) in [7, 11) is 0. The van der Waals surface area contributed by atoms with E-state index < -0.39 is 0 Å². The highest BCUT2D eigenvalue weighted by Crippen LogP contribution is 2.30. The number of hydrogen-bond donors (Lipinski definition) is 1. The number of carbonyl (C=O) groups is 1. The van der Waals surface area contributed by atoms with Crippen LogP contribution in [0, 0.1) is 0 Å². The minimum atomic E-state index is -0.205. The molecule has 0 radical (unpaired) electrons. The molecule has 0 unspecified atom stereocenters. The molecule has 6 heteroatoms. The van der Waals surface area contributed by atoms with Crippen LogP contribution in [0.3, 0.4) is 0 Å². The molecule has 1 amide bonds. The van der Waals surface area contributed by atoms with E-state index in [4.69, 9.17) is 10.5 Å². The number of aryl methyl sites for hydroxylation is 2. The van der Waals surface area contributed by atoms with Gasteiger partial charge in [-0.05, 0) is 42.5 Å². The Morgan fingerprint density at radius 3 is 2.95 bits per heavy atom. The molecule has 0 fully saturated rings. The lowest BCUT2D eigenvalue weighted by atomic mass is 10.1. The molecule has 2 aromatic rings. The average Bonchev–Trinajstić information content (AvgIpc) is 2.91. The normalized spacial score (nSPS) is 16.7. The van der Waals surface area contributed by atoms with Crippen molar-refractivity contribution in [2.75, 3.05) is 23.8 Å². The molecule has 1 aromatic carbocycles. The van der Waals surface area contributed by atoms with E-state index in [0.29, 0.717) is 13.2 Å². The van der Waals surface area contributed by atoms with Crippen molar-refractivity contribution in [1.82, 2.24) is 9.97 Å². The first-order chi connectivity index (χ1) is 10.7. The van der Waals surface area contributed by atoms with Gasteiger partial charge in [-0.25, -0.2) is 9.97 Å². The van der Waals surface area contributed by atoms with E-state index in [0.717, 1.165) is 18.5 Å². The Morgan fingerprint density at radius 2 is 2.05 bits per heavy atom. The number of nitrogens with zero attached hydrogens (tertiary/aromatic N) is 3. The molecule has 0 atom stereocenters. The highest BCUT2D eigenvalue weighted by molar-refractivity contribution is 6.10. The first kappa shape index (κ1) is 13.1. The van der Waals surface area contributed by atoms with Crippen LogP contribution in [0.2, 0.25) is 0 Å². The summed E-state index contributed by atoms with van der Waals surface area (Å²) in [5, 5.41) is 0. The number of aromatic nitrogens is 2. The molecule has 0 bridgehead atoms. The van der Waals surface area contributed by atoms with Gasteiger partial charge in [-0.3, -0.25) is 4.79 Å². The van der Waals surface area contributed by atoms with Crippen LogP contribution in [-0.2, 0) is 12.8 Å². The molecule has 22 heavy (non-hydrogen) atoms. The molecular weight excluding hydrogens is 280 g/mol. The molecule has 0 saturated heterocycles. The minimum Gasteiger partial charge on any atom is -0.475 e. The Balaban J connectivity index is 1.76. The molecule has 6 nitrogen and oxygen atoms in total. The van der Waals surface area contributed by atoms with Gasteiger partial charge in [-0.15, -0.1) is 0 Å². The number of hydrogen-bond acceptors (Lipinski definition) is 5. The second-order valence-corrected chi connectivity index (χ2v) is 5.55. The van der Waals surface area contributed by atoms with Gasteiger partial charge in [0.2, 0.25) is 5.88 Å². The van der Waals surface area contributed by atoms with Crippen LogP contribution in [0.15, 0.2) is 24.5 Å². The number of fused-ring (bicyclic) bond motifs is 2. The predicted octanol–water partition coefficient (Wildman–Crippen LogP) is 1.59. The fraction of sp³-hybridized carbons (Fsp3) is 0.312. The van der Waals surface area contributed by atoms with Crippen molar-refractivity contribution < 1.29 is 9.53 Å². The number of nitrogen functional groups attached to an aromatic ring is 1. The minimum absolute atomic E-state index is 0.156. The number of rotatable bonds is 1. The lowest BCUT2D eigenvalue weighted by Gasteiger charge is -2.21. The third-order valence-corrected chi connectivity index (χ3v) is 4.25. The predicted molar refractivity (Wildman–Crippen MR) is 82.1 cm³/mol. The van der Waals surface area contributed by atoms with E-state index in [1.165, 1.54) is 23.9 Å². The second-order valence-electron chi connectivity index (χ2n) is 5.55. The van der Waals surface area contributed by atoms with Gasteiger partial charge in [0.25, 0.3) is 5.91 Å². The third-order valence-electron chi connectivity index (χ3n) is 4.25. The topological polar surface area (TPSA) is 81.3 Å². The van der Waals surface area contributed by atoms with Crippen molar-refractivity contribution in [3.05, 3.63) is 41.2 Å². The Morgan fingerprint density at radius 1 is 1.18 bits per heavy atom. The van der Waals surface area contributed by atoms with Gasteiger partial charge < -0.3 is 15.4 Å². The van der Waals surface area contributed by atoms with Crippen LogP contribution in [0.4, 0.5) is 11.5 Å². The standard InChI is InChI=1S/C16H16N4O2/c17-14-13-15(19-9-18-14)22-7-6-20(16(13)21)12-5-4-10-2-1-3-11(10)8-12/h4-5,8-9H,1-3,6-7H2,(H2,17,18,19). The Labute approximate surface area is 127 Å². The molecule has 112 valence electrons. The van der Waals surface area contributed by atoms with Crippen molar-refractivity contribution >= 4 is 17.4 Å². The molecule has 1 aliphatic carbocycles. The van der Waals surface area contributed by atoms with Crippen molar-refractivity contribution in [2.45, 2.75) is 19.3 Å². The molecule has 0 saturated carbocycles. The fourth-order valence-electron chi connectivity index (χ4n) is 3.14. The smallest absolute Gasteiger partial charge is 0.267 e. The highest BCUT2D eigenvalue weighted by Gasteiger charge is 2.29. The summed E-state index contributed by atoms with van der Waals surface area (Å²) < 4.78 is 5.55. The van der Waals surface area contributed by atoms with Gasteiger partial charge in [0.15, 0.2) is 0 Å². The second kappa shape index (κ2) is 4.98. The maximum atomic E-state index is 12.8. The summed E-state index contributed by atoms with van der Waals surface area (Å²) in [6, 6.07) is 6.21. The summed E-state index contributed by atoms with van der Waals surface area (Å²) >= 11 is 0. The van der Waals surface area contributed by atoms with E-state index >= 15 is 0 Å². The number of carbonyl (C=O) groups excluding carboxylic acids is 1. The van der Waals surface area contributed by atoms with Crippen LogP contribution in [0.5, 0.6) is 5.88 Å². The van der Waals surface area contributed by atoms with E-state index in [-0.39, 0.29) is 23.2 Å². The van der Waals surface area contributed by atoms with E-state index in [1.807, 2.05) is 6.07 Å². The highest BCUT2D eigenvalue weighted by atomic mass is 16.5.